The van der Waals surface area contributed by atoms with Crippen molar-refractivity contribution >= 4 is 11.2 Å². The highest BCUT2D eigenvalue weighted by atomic mass is 15.3. The smallest absolute Gasteiger partial charge is 0.161 e. The van der Waals surface area contributed by atoms with Crippen molar-refractivity contribution in [3.63, 3.8) is 0 Å². The maximum atomic E-state index is 4.98. The number of likely N-dealkylation sites (tertiary alicyclic amines) is 1. The van der Waals surface area contributed by atoms with Crippen molar-refractivity contribution in [3.05, 3.63) is 24.2 Å². The van der Waals surface area contributed by atoms with Gasteiger partial charge in [0.05, 0.1) is 6.17 Å². The van der Waals surface area contributed by atoms with Crippen molar-refractivity contribution in [1.29, 1.82) is 0 Å². The van der Waals surface area contributed by atoms with Crippen molar-refractivity contribution < 1.29 is 0 Å². The Morgan fingerprint density at radius 2 is 2.18 bits per heavy atom. The van der Waals surface area contributed by atoms with Crippen LogP contribution in [0.25, 0.3) is 11.2 Å². The van der Waals surface area contributed by atoms with Gasteiger partial charge in [-0.05, 0) is 64.4 Å². The Morgan fingerprint density at radius 1 is 1.23 bits per heavy atom. The number of hydrogen-bond donors (Lipinski definition) is 1. The molecule has 118 valence electrons. The Balaban J connectivity index is 1.82. The number of pyridine rings is 1. The van der Waals surface area contributed by atoms with E-state index in [4.69, 9.17) is 4.98 Å². The summed E-state index contributed by atoms with van der Waals surface area (Å²) in [4.78, 5) is 12.1. The van der Waals surface area contributed by atoms with E-state index in [1.807, 2.05) is 12.3 Å². The molecule has 4 rings (SSSR count). The van der Waals surface area contributed by atoms with E-state index < -0.39 is 0 Å². The van der Waals surface area contributed by atoms with Crippen LogP contribution in [-0.2, 0) is 0 Å². The van der Waals surface area contributed by atoms with Gasteiger partial charge in [-0.1, -0.05) is 0 Å². The van der Waals surface area contributed by atoms with Gasteiger partial charge in [0.1, 0.15) is 11.3 Å². The summed E-state index contributed by atoms with van der Waals surface area (Å²) >= 11 is 0. The average molecular weight is 299 g/mol. The number of imidazole rings is 1. The highest BCUT2D eigenvalue weighted by Gasteiger charge is 2.29. The molecule has 1 N–H and O–H groups in total. The second kappa shape index (κ2) is 5.97. The van der Waals surface area contributed by atoms with Crippen LogP contribution in [0.15, 0.2) is 18.3 Å². The molecule has 0 aromatic carbocycles. The molecule has 2 fully saturated rings. The molecule has 2 aliphatic rings. The van der Waals surface area contributed by atoms with Crippen LogP contribution in [0.2, 0.25) is 0 Å². The lowest BCUT2D eigenvalue weighted by molar-refractivity contribution is 0.125. The van der Waals surface area contributed by atoms with Gasteiger partial charge in [0.2, 0.25) is 0 Å². The van der Waals surface area contributed by atoms with Crippen molar-refractivity contribution in [2.45, 2.75) is 44.2 Å². The molecule has 0 amide bonds. The van der Waals surface area contributed by atoms with Crippen molar-refractivity contribution in [1.82, 2.24) is 24.8 Å². The molecule has 0 radical (unpaired) electrons. The van der Waals surface area contributed by atoms with Crippen LogP contribution in [0.3, 0.4) is 0 Å². The average Bonchev–Trinajstić information content (AvgIpc) is 2.95. The Morgan fingerprint density at radius 3 is 3.00 bits per heavy atom. The minimum atomic E-state index is 0.408. The predicted molar refractivity (Wildman–Crippen MR) is 87.9 cm³/mol. The molecule has 22 heavy (non-hydrogen) atoms. The first-order valence-corrected chi connectivity index (χ1v) is 8.58. The molecule has 0 saturated carbocycles. The van der Waals surface area contributed by atoms with Gasteiger partial charge in [-0.3, -0.25) is 9.47 Å². The summed E-state index contributed by atoms with van der Waals surface area (Å²) in [7, 11) is 2.24. The highest BCUT2D eigenvalue weighted by molar-refractivity contribution is 5.71. The molecule has 2 atom stereocenters. The lowest BCUT2D eigenvalue weighted by Gasteiger charge is -2.35. The maximum Gasteiger partial charge on any atom is 0.161 e. The van der Waals surface area contributed by atoms with Gasteiger partial charge in [0, 0.05) is 18.7 Å². The fourth-order valence-electron chi connectivity index (χ4n) is 3.98. The molecule has 2 aliphatic heterocycles. The van der Waals surface area contributed by atoms with Crippen LogP contribution in [0.1, 0.15) is 50.0 Å². The molecule has 2 aromatic rings. The first-order valence-electron chi connectivity index (χ1n) is 8.58. The molecule has 2 saturated heterocycles. The maximum absolute atomic E-state index is 4.98. The molecule has 0 spiro atoms. The fraction of sp³-hybridized carbons (Fsp3) is 0.647. The first kappa shape index (κ1) is 14.2. The summed E-state index contributed by atoms with van der Waals surface area (Å²) in [5, 5.41) is 3.53. The van der Waals surface area contributed by atoms with Crippen LogP contribution >= 0.6 is 0 Å². The number of nitrogens with one attached hydrogen (secondary N) is 1. The fourth-order valence-corrected chi connectivity index (χ4v) is 3.98. The van der Waals surface area contributed by atoms with E-state index in [0.29, 0.717) is 12.1 Å². The van der Waals surface area contributed by atoms with Gasteiger partial charge in [-0.15, -0.1) is 0 Å². The number of hydrogen-bond acceptors (Lipinski definition) is 4. The normalized spacial score (nSPS) is 27.3. The van der Waals surface area contributed by atoms with Crippen molar-refractivity contribution in [3.8, 4) is 0 Å². The second-order valence-corrected chi connectivity index (χ2v) is 6.69. The van der Waals surface area contributed by atoms with Gasteiger partial charge in [-0.25, -0.2) is 9.97 Å². The molecule has 2 unspecified atom stereocenters. The van der Waals surface area contributed by atoms with Gasteiger partial charge in [0.25, 0.3) is 0 Å². The predicted octanol–water partition coefficient (Wildman–Crippen LogP) is 2.51. The molecule has 4 heterocycles. The van der Waals surface area contributed by atoms with Crippen molar-refractivity contribution in [2.24, 2.45) is 0 Å². The van der Waals surface area contributed by atoms with Gasteiger partial charge in [-0.2, -0.15) is 0 Å². The third-order valence-corrected chi connectivity index (χ3v) is 5.17. The van der Waals surface area contributed by atoms with Crippen molar-refractivity contribution in [2.75, 3.05) is 26.7 Å². The Kier molecular flexibility index (Phi) is 3.84. The van der Waals surface area contributed by atoms with E-state index in [1.165, 1.54) is 44.5 Å². The summed E-state index contributed by atoms with van der Waals surface area (Å²) in [5.41, 5.74) is 2.10. The topological polar surface area (TPSA) is 46.0 Å². The van der Waals surface area contributed by atoms with Gasteiger partial charge in [0.15, 0.2) is 5.65 Å². The summed E-state index contributed by atoms with van der Waals surface area (Å²) in [6.07, 6.45) is 8.56. The van der Waals surface area contributed by atoms with E-state index in [0.717, 1.165) is 24.3 Å². The SMILES string of the molecule is CN1CCCCC1n1c(C2CCCNC2)nc2cccnc21. The standard InChI is InChI=1S/C17H25N5/c1-21-11-3-2-8-15(21)22-16(13-6-4-9-18-12-13)20-14-7-5-10-19-17(14)22/h5,7,10,13,15,18H,2-4,6,8-9,11-12H2,1H3. The first-order chi connectivity index (χ1) is 10.8. The number of piperidine rings is 2. The zero-order chi connectivity index (χ0) is 14.9. The number of nitrogens with zero attached hydrogens (tertiary/aromatic N) is 4. The van der Waals surface area contributed by atoms with E-state index >= 15 is 0 Å². The number of rotatable bonds is 2. The summed E-state index contributed by atoms with van der Waals surface area (Å²) in [5.74, 6) is 1.75. The van der Waals surface area contributed by atoms with E-state index in [1.54, 1.807) is 0 Å². The Hall–Kier alpha value is -1.46. The van der Waals surface area contributed by atoms with Crippen LogP contribution < -0.4 is 5.32 Å². The molecular formula is C17H25N5. The monoisotopic (exact) mass is 299 g/mol. The van der Waals surface area contributed by atoms with Gasteiger partial charge >= 0.3 is 0 Å². The molecule has 2 aromatic heterocycles. The Labute approximate surface area is 131 Å². The molecule has 5 nitrogen and oxygen atoms in total. The minimum absolute atomic E-state index is 0.408. The molecular weight excluding hydrogens is 274 g/mol. The molecule has 0 bridgehead atoms. The number of aromatic nitrogens is 3. The highest BCUT2D eigenvalue weighted by Crippen LogP contribution is 2.33. The van der Waals surface area contributed by atoms with Crippen LogP contribution in [0, 0.1) is 0 Å². The lowest BCUT2D eigenvalue weighted by Crippen LogP contribution is -2.36. The Bertz CT molecular complexity index is 644. The van der Waals surface area contributed by atoms with Crippen LogP contribution in [0.4, 0.5) is 0 Å². The van der Waals surface area contributed by atoms with Crippen LogP contribution in [0.5, 0.6) is 0 Å². The summed E-state index contributed by atoms with van der Waals surface area (Å²) < 4.78 is 2.44. The third-order valence-electron chi connectivity index (χ3n) is 5.17. The van der Waals surface area contributed by atoms with E-state index in [-0.39, 0.29) is 0 Å². The lowest BCUT2D eigenvalue weighted by atomic mass is 9.98. The van der Waals surface area contributed by atoms with E-state index in [2.05, 4.69) is 32.9 Å². The second-order valence-electron chi connectivity index (χ2n) is 6.69. The quantitative estimate of drug-likeness (QED) is 0.925. The zero-order valence-electron chi connectivity index (χ0n) is 13.3. The van der Waals surface area contributed by atoms with Gasteiger partial charge < -0.3 is 5.32 Å². The number of fused-ring (bicyclic) bond motifs is 1. The van der Waals surface area contributed by atoms with Crippen LogP contribution in [-0.4, -0.2) is 46.1 Å². The molecule has 0 aliphatic carbocycles. The zero-order valence-corrected chi connectivity index (χ0v) is 13.3. The van der Waals surface area contributed by atoms with E-state index in [9.17, 15) is 0 Å². The third kappa shape index (κ3) is 2.42. The largest absolute Gasteiger partial charge is 0.316 e. The molecule has 5 heteroatoms. The summed E-state index contributed by atoms with van der Waals surface area (Å²) in [6.45, 7) is 3.34. The minimum Gasteiger partial charge on any atom is -0.316 e. The summed E-state index contributed by atoms with van der Waals surface area (Å²) in [6, 6.07) is 4.09.